The molecule has 5 amide bonds. The van der Waals surface area contributed by atoms with Gasteiger partial charge in [0.25, 0.3) is 17.7 Å². The van der Waals surface area contributed by atoms with E-state index in [-0.39, 0.29) is 35.9 Å². The van der Waals surface area contributed by atoms with Gasteiger partial charge in [0.15, 0.2) is 0 Å². The van der Waals surface area contributed by atoms with Crippen molar-refractivity contribution in [2.75, 3.05) is 26.2 Å². The molecular formula is C30H27N5O5. The number of imide groups is 2. The molecule has 3 aromatic rings. The van der Waals surface area contributed by atoms with Crippen LogP contribution in [0.4, 0.5) is 0 Å². The van der Waals surface area contributed by atoms with Gasteiger partial charge in [-0.2, -0.15) is 0 Å². The molecule has 0 radical (unpaired) electrons. The van der Waals surface area contributed by atoms with Crippen LogP contribution >= 0.6 is 0 Å². The van der Waals surface area contributed by atoms with Crippen molar-refractivity contribution in [3.05, 3.63) is 101 Å². The van der Waals surface area contributed by atoms with Gasteiger partial charge in [-0.15, -0.1) is 0 Å². The molecule has 1 aromatic heterocycles. The highest BCUT2D eigenvalue weighted by Crippen LogP contribution is 2.31. The molecular weight excluding hydrogens is 510 g/mol. The summed E-state index contributed by atoms with van der Waals surface area (Å²) in [6.45, 7) is 2.30. The number of fused-ring (bicyclic) bond motifs is 1. The maximum Gasteiger partial charge on any atom is 0.262 e. The number of nitrogens with zero attached hydrogens (tertiary/aromatic N) is 4. The van der Waals surface area contributed by atoms with Crippen molar-refractivity contribution in [3.63, 3.8) is 0 Å². The average molecular weight is 538 g/mol. The van der Waals surface area contributed by atoms with Crippen LogP contribution in [0.1, 0.15) is 61.1 Å². The Morgan fingerprint density at radius 1 is 0.825 bits per heavy atom. The second-order valence-electron chi connectivity index (χ2n) is 10.1. The molecule has 2 aromatic carbocycles. The van der Waals surface area contributed by atoms with Gasteiger partial charge in [-0.1, -0.05) is 30.3 Å². The molecule has 2 unspecified atom stereocenters. The Morgan fingerprint density at radius 3 is 2.20 bits per heavy atom. The Hall–Kier alpha value is -4.70. The van der Waals surface area contributed by atoms with Crippen LogP contribution in [0.3, 0.4) is 0 Å². The van der Waals surface area contributed by atoms with Gasteiger partial charge in [0.2, 0.25) is 11.8 Å². The molecule has 0 bridgehead atoms. The van der Waals surface area contributed by atoms with Crippen LogP contribution in [0.15, 0.2) is 73.1 Å². The van der Waals surface area contributed by atoms with Gasteiger partial charge >= 0.3 is 0 Å². The summed E-state index contributed by atoms with van der Waals surface area (Å²) in [4.78, 5) is 72.6. The van der Waals surface area contributed by atoms with Gasteiger partial charge in [-0.25, -0.2) is 0 Å². The fraction of sp³-hybridized carbons (Fsp3) is 0.267. The van der Waals surface area contributed by atoms with Gasteiger partial charge in [-0.05, 0) is 47.9 Å². The molecule has 6 rings (SSSR count). The van der Waals surface area contributed by atoms with Crippen molar-refractivity contribution in [2.45, 2.75) is 24.9 Å². The lowest BCUT2D eigenvalue weighted by Gasteiger charge is -2.39. The zero-order chi connectivity index (χ0) is 27.8. The number of hydrogen-bond donors (Lipinski definition) is 1. The fourth-order valence-electron chi connectivity index (χ4n) is 5.76. The maximum absolute atomic E-state index is 13.5. The Labute approximate surface area is 230 Å². The van der Waals surface area contributed by atoms with Gasteiger partial charge < -0.3 is 4.90 Å². The highest BCUT2D eigenvalue weighted by molar-refractivity contribution is 6.24. The summed E-state index contributed by atoms with van der Waals surface area (Å²) in [5, 5.41) is 2.19. The van der Waals surface area contributed by atoms with Crippen LogP contribution < -0.4 is 5.32 Å². The van der Waals surface area contributed by atoms with E-state index in [1.54, 1.807) is 23.4 Å². The molecule has 10 nitrogen and oxygen atoms in total. The minimum absolute atomic E-state index is 0.0309. The first kappa shape index (κ1) is 25.6. The van der Waals surface area contributed by atoms with Gasteiger partial charge in [0, 0.05) is 50.6 Å². The zero-order valence-corrected chi connectivity index (χ0v) is 21.7. The normalized spacial score (nSPS) is 20.4. The third-order valence-corrected chi connectivity index (χ3v) is 7.79. The lowest BCUT2D eigenvalue weighted by molar-refractivity contribution is -0.136. The van der Waals surface area contributed by atoms with Crippen LogP contribution in [-0.4, -0.2) is 81.4 Å². The van der Waals surface area contributed by atoms with Crippen LogP contribution in [0.25, 0.3) is 0 Å². The zero-order valence-electron chi connectivity index (χ0n) is 21.7. The van der Waals surface area contributed by atoms with E-state index in [0.717, 1.165) is 16.0 Å². The molecule has 0 saturated carbocycles. The molecule has 1 N–H and O–H groups in total. The van der Waals surface area contributed by atoms with E-state index < -0.39 is 29.7 Å². The summed E-state index contributed by atoms with van der Waals surface area (Å²) in [6.07, 6.45) is 3.69. The molecule has 2 fully saturated rings. The number of amides is 5. The number of piperazine rings is 1. The number of carbonyl (C=O) groups is 5. The predicted molar refractivity (Wildman–Crippen MR) is 143 cm³/mol. The Kier molecular flexibility index (Phi) is 6.69. The monoisotopic (exact) mass is 537 g/mol. The fourth-order valence-corrected chi connectivity index (χ4v) is 5.76. The van der Waals surface area contributed by atoms with Crippen LogP contribution in [-0.2, 0) is 9.59 Å². The van der Waals surface area contributed by atoms with Crippen LogP contribution in [0.5, 0.6) is 0 Å². The standard InChI is InChI=1S/C30H27N5O5/c36-25-9-8-24(27(37)32-25)35-29(39)22-7-6-21(18-23(22)30(35)40)28(38)34-16-14-33(15-17-34)26(19-4-2-1-3-5-19)20-10-12-31-13-11-20/h1-7,10-13,18,24,26H,8-9,14-17H2,(H,32,36,37). The number of rotatable bonds is 5. The molecule has 10 heteroatoms. The summed E-state index contributed by atoms with van der Waals surface area (Å²) in [5.74, 6) is -2.54. The van der Waals surface area contributed by atoms with Crippen molar-refractivity contribution in [2.24, 2.45) is 0 Å². The smallest absolute Gasteiger partial charge is 0.262 e. The number of pyridine rings is 1. The summed E-state index contributed by atoms with van der Waals surface area (Å²) in [5.41, 5.74) is 2.85. The first-order valence-electron chi connectivity index (χ1n) is 13.3. The Balaban J connectivity index is 1.17. The molecule has 2 saturated heterocycles. The number of carbonyl (C=O) groups excluding carboxylic acids is 5. The largest absolute Gasteiger partial charge is 0.336 e. The van der Waals surface area contributed by atoms with E-state index >= 15 is 0 Å². The SMILES string of the molecule is O=C1CCC(N2C(=O)c3ccc(C(=O)N4CCN(C(c5ccccc5)c5ccncc5)CC4)cc3C2=O)C(=O)N1. The van der Waals surface area contributed by atoms with E-state index in [9.17, 15) is 24.0 Å². The lowest BCUT2D eigenvalue weighted by atomic mass is 9.97. The second kappa shape index (κ2) is 10.5. The minimum atomic E-state index is -1.05. The quantitative estimate of drug-likeness (QED) is 0.495. The first-order chi connectivity index (χ1) is 19.4. The molecule has 0 spiro atoms. The number of nitrogens with one attached hydrogen (secondary N) is 1. The maximum atomic E-state index is 13.5. The molecule has 0 aliphatic carbocycles. The van der Waals surface area contributed by atoms with Crippen molar-refractivity contribution in [3.8, 4) is 0 Å². The summed E-state index contributed by atoms with van der Waals surface area (Å²) in [7, 11) is 0. The Morgan fingerprint density at radius 2 is 1.50 bits per heavy atom. The second-order valence-corrected chi connectivity index (χ2v) is 10.1. The number of aromatic nitrogens is 1. The van der Waals surface area contributed by atoms with Crippen molar-refractivity contribution >= 4 is 29.5 Å². The summed E-state index contributed by atoms with van der Waals surface area (Å²) in [6, 6.07) is 17.7. The Bertz CT molecular complexity index is 1460. The molecule has 40 heavy (non-hydrogen) atoms. The molecule has 4 heterocycles. The van der Waals surface area contributed by atoms with Crippen molar-refractivity contribution < 1.29 is 24.0 Å². The van der Waals surface area contributed by atoms with E-state index in [1.165, 1.54) is 12.1 Å². The molecule has 3 aliphatic rings. The number of hydrogen-bond acceptors (Lipinski definition) is 7. The third-order valence-electron chi connectivity index (χ3n) is 7.79. The molecule has 202 valence electrons. The van der Waals surface area contributed by atoms with Gasteiger partial charge in [0.1, 0.15) is 6.04 Å². The molecule has 2 atom stereocenters. The van der Waals surface area contributed by atoms with Crippen LogP contribution in [0, 0.1) is 0 Å². The third kappa shape index (κ3) is 4.56. The van der Waals surface area contributed by atoms with E-state index in [1.807, 2.05) is 30.3 Å². The minimum Gasteiger partial charge on any atom is -0.336 e. The van der Waals surface area contributed by atoms with Crippen molar-refractivity contribution in [1.29, 1.82) is 0 Å². The summed E-state index contributed by atoms with van der Waals surface area (Å²) < 4.78 is 0. The number of benzene rings is 2. The topological polar surface area (TPSA) is 120 Å². The van der Waals surface area contributed by atoms with E-state index in [4.69, 9.17) is 0 Å². The van der Waals surface area contributed by atoms with E-state index in [2.05, 4.69) is 27.3 Å². The average Bonchev–Trinajstić information content (AvgIpc) is 3.23. The van der Waals surface area contributed by atoms with E-state index in [0.29, 0.717) is 31.7 Å². The number of piperidine rings is 1. The summed E-state index contributed by atoms with van der Waals surface area (Å²) >= 11 is 0. The highest BCUT2D eigenvalue weighted by Gasteiger charge is 2.45. The van der Waals surface area contributed by atoms with Crippen LogP contribution in [0.2, 0.25) is 0 Å². The molecule has 3 aliphatic heterocycles. The highest BCUT2D eigenvalue weighted by atomic mass is 16.2. The van der Waals surface area contributed by atoms with Gasteiger partial charge in [0.05, 0.1) is 17.2 Å². The predicted octanol–water partition coefficient (Wildman–Crippen LogP) is 2.03. The lowest BCUT2D eigenvalue weighted by Crippen LogP contribution is -2.54. The van der Waals surface area contributed by atoms with Crippen molar-refractivity contribution in [1.82, 2.24) is 25.0 Å². The first-order valence-corrected chi connectivity index (χ1v) is 13.3. The van der Waals surface area contributed by atoms with Gasteiger partial charge in [-0.3, -0.25) is 44.1 Å².